The zero-order chi connectivity index (χ0) is 18.3. The van der Waals surface area contributed by atoms with Gasteiger partial charge in [0.15, 0.2) is 5.78 Å². The van der Waals surface area contributed by atoms with Crippen molar-refractivity contribution in [2.45, 2.75) is 47.5 Å². The quantitative estimate of drug-likeness (QED) is 0.519. The first-order chi connectivity index (χ1) is 11.2. The third kappa shape index (κ3) is 6.11. The number of benzene rings is 1. The highest BCUT2D eigenvalue weighted by molar-refractivity contribution is 6.02. The Labute approximate surface area is 144 Å². The van der Waals surface area contributed by atoms with Crippen LogP contribution in [0.15, 0.2) is 35.4 Å². The summed E-state index contributed by atoms with van der Waals surface area (Å²) < 4.78 is 5.54. The first-order valence-electron chi connectivity index (χ1n) is 8.24. The molecule has 24 heavy (non-hydrogen) atoms. The van der Waals surface area contributed by atoms with Gasteiger partial charge in [-0.25, -0.2) is 0 Å². The molecular weight excluding hydrogens is 304 g/mol. The number of ether oxygens (including phenoxy) is 1. The van der Waals surface area contributed by atoms with E-state index < -0.39 is 0 Å². The van der Waals surface area contributed by atoms with E-state index in [0.29, 0.717) is 12.4 Å². The SMILES string of the molecule is CC(C)=CCC/C(C)=C/COc1cc(O)c(C(=O)C(C)C)c(O)c1. The highest BCUT2D eigenvalue weighted by Gasteiger charge is 2.20. The minimum Gasteiger partial charge on any atom is -0.507 e. The number of carbonyl (C=O) groups is 1. The molecule has 0 aliphatic heterocycles. The first kappa shape index (κ1) is 19.8. The zero-order valence-corrected chi connectivity index (χ0v) is 15.2. The van der Waals surface area contributed by atoms with Crippen molar-refractivity contribution >= 4 is 5.78 Å². The van der Waals surface area contributed by atoms with E-state index in [1.165, 1.54) is 23.3 Å². The largest absolute Gasteiger partial charge is 0.507 e. The average molecular weight is 332 g/mol. The number of rotatable bonds is 8. The summed E-state index contributed by atoms with van der Waals surface area (Å²) in [6.07, 6.45) is 6.13. The Morgan fingerprint density at radius 1 is 1.12 bits per heavy atom. The minimum atomic E-state index is -0.306. The summed E-state index contributed by atoms with van der Waals surface area (Å²) in [5.41, 5.74) is 2.47. The average Bonchev–Trinajstić information content (AvgIpc) is 2.45. The van der Waals surface area contributed by atoms with E-state index in [4.69, 9.17) is 4.74 Å². The summed E-state index contributed by atoms with van der Waals surface area (Å²) in [6, 6.07) is 2.73. The van der Waals surface area contributed by atoms with Gasteiger partial charge >= 0.3 is 0 Å². The van der Waals surface area contributed by atoms with Gasteiger partial charge < -0.3 is 14.9 Å². The minimum absolute atomic E-state index is 0.0502. The summed E-state index contributed by atoms with van der Waals surface area (Å²) in [7, 11) is 0. The summed E-state index contributed by atoms with van der Waals surface area (Å²) >= 11 is 0. The summed E-state index contributed by atoms with van der Waals surface area (Å²) in [4.78, 5) is 12.0. The summed E-state index contributed by atoms with van der Waals surface area (Å²) in [6.45, 7) is 9.98. The fraction of sp³-hybridized carbons (Fsp3) is 0.450. The molecule has 1 aromatic rings. The second-order valence-electron chi connectivity index (χ2n) is 6.54. The van der Waals surface area contributed by atoms with E-state index in [0.717, 1.165) is 12.8 Å². The lowest BCUT2D eigenvalue weighted by Gasteiger charge is -2.11. The molecule has 0 heterocycles. The number of Topliss-reactive ketones (excluding diaryl/α,β-unsaturated/α-hetero) is 1. The molecule has 0 radical (unpaired) electrons. The Kier molecular flexibility index (Phi) is 7.56. The van der Waals surface area contributed by atoms with Crippen LogP contribution in [0.4, 0.5) is 0 Å². The van der Waals surface area contributed by atoms with Crippen LogP contribution in [-0.2, 0) is 0 Å². The normalized spacial score (nSPS) is 11.5. The molecule has 0 aliphatic carbocycles. The van der Waals surface area contributed by atoms with E-state index in [9.17, 15) is 15.0 Å². The maximum Gasteiger partial charge on any atom is 0.172 e. The van der Waals surface area contributed by atoms with Crippen molar-refractivity contribution in [3.05, 3.63) is 41.0 Å². The molecule has 4 heteroatoms. The molecular formula is C20H28O4. The molecule has 0 spiro atoms. The molecule has 0 atom stereocenters. The maximum absolute atomic E-state index is 12.0. The van der Waals surface area contributed by atoms with Gasteiger partial charge in [-0.15, -0.1) is 0 Å². The van der Waals surface area contributed by atoms with Crippen LogP contribution in [0.5, 0.6) is 17.2 Å². The lowest BCUT2D eigenvalue weighted by molar-refractivity contribution is 0.0933. The molecule has 132 valence electrons. The zero-order valence-electron chi connectivity index (χ0n) is 15.2. The molecule has 0 unspecified atom stereocenters. The van der Waals surface area contributed by atoms with Gasteiger partial charge in [0.25, 0.3) is 0 Å². The lowest BCUT2D eigenvalue weighted by Crippen LogP contribution is -2.08. The molecule has 1 aromatic carbocycles. The van der Waals surface area contributed by atoms with Crippen molar-refractivity contribution in [3.63, 3.8) is 0 Å². The lowest BCUT2D eigenvalue weighted by atomic mass is 9.99. The maximum atomic E-state index is 12.0. The van der Waals surface area contributed by atoms with E-state index in [1.807, 2.05) is 13.0 Å². The van der Waals surface area contributed by atoms with Crippen LogP contribution in [0.2, 0.25) is 0 Å². The predicted molar refractivity (Wildman–Crippen MR) is 96.9 cm³/mol. The molecule has 0 aliphatic rings. The van der Waals surface area contributed by atoms with Gasteiger partial charge in [-0.2, -0.15) is 0 Å². The third-order valence-electron chi connectivity index (χ3n) is 3.61. The number of allylic oxidation sites excluding steroid dienone is 3. The first-order valence-corrected chi connectivity index (χ1v) is 8.24. The van der Waals surface area contributed by atoms with Gasteiger partial charge in [-0.1, -0.05) is 31.1 Å². The fourth-order valence-electron chi connectivity index (χ4n) is 2.18. The topological polar surface area (TPSA) is 66.8 Å². The highest BCUT2D eigenvalue weighted by Crippen LogP contribution is 2.34. The monoisotopic (exact) mass is 332 g/mol. The van der Waals surface area contributed by atoms with Crippen LogP contribution in [0.3, 0.4) is 0 Å². The highest BCUT2D eigenvalue weighted by atomic mass is 16.5. The molecule has 4 nitrogen and oxygen atoms in total. The fourth-order valence-corrected chi connectivity index (χ4v) is 2.18. The van der Waals surface area contributed by atoms with Crippen LogP contribution in [0, 0.1) is 5.92 Å². The molecule has 1 rings (SSSR count). The Morgan fingerprint density at radius 2 is 1.71 bits per heavy atom. The van der Waals surface area contributed by atoms with Gasteiger partial charge in [0.2, 0.25) is 0 Å². The van der Waals surface area contributed by atoms with Gasteiger partial charge in [-0.05, 0) is 39.7 Å². The van der Waals surface area contributed by atoms with E-state index in [2.05, 4.69) is 19.9 Å². The van der Waals surface area contributed by atoms with Crippen molar-refractivity contribution in [3.8, 4) is 17.2 Å². The van der Waals surface area contributed by atoms with Crippen LogP contribution in [0.25, 0.3) is 0 Å². The number of phenolic OH excluding ortho intramolecular Hbond substituents is 2. The van der Waals surface area contributed by atoms with Gasteiger partial charge in [0, 0.05) is 18.1 Å². The van der Waals surface area contributed by atoms with E-state index in [1.54, 1.807) is 13.8 Å². The van der Waals surface area contributed by atoms with Crippen molar-refractivity contribution < 1.29 is 19.7 Å². The third-order valence-corrected chi connectivity index (χ3v) is 3.61. The van der Waals surface area contributed by atoms with Gasteiger partial charge in [-0.3, -0.25) is 4.79 Å². The van der Waals surface area contributed by atoms with Crippen molar-refractivity contribution in [1.82, 2.24) is 0 Å². The van der Waals surface area contributed by atoms with Crippen LogP contribution < -0.4 is 4.74 Å². The number of carbonyl (C=O) groups excluding carboxylic acids is 1. The second-order valence-corrected chi connectivity index (χ2v) is 6.54. The standard InChI is InChI=1S/C20H28O4/c1-13(2)7-6-8-15(5)9-10-24-16-11-17(21)19(18(22)12-16)20(23)14(3)4/h7,9,11-12,14,21-22H,6,8,10H2,1-5H3/b15-9+. The molecule has 0 saturated carbocycles. The van der Waals surface area contributed by atoms with Crippen molar-refractivity contribution in [1.29, 1.82) is 0 Å². The molecule has 0 fully saturated rings. The Bertz CT molecular complexity index is 612. The van der Waals surface area contributed by atoms with Gasteiger partial charge in [0.1, 0.15) is 29.4 Å². The smallest absolute Gasteiger partial charge is 0.172 e. The van der Waals surface area contributed by atoms with E-state index >= 15 is 0 Å². The number of aromatic hydroxyl groups is 2. The Hall–Kier alpha value is -2.23. The van der Waals surface area contributed by atoms with Crippen LogP contribution >= 0.6 is 0 Å². The van der Waals surface area contributed by atoms with Crippen LogP contribution in [-0.4, -0.2) is 22.6 Å². The molecule has 0 amide bonds. The molecule has 0 bridgehead atoms. The second kappa shape index (κ2) is 9.16. The predicted octanol–water partition coefficient (Wildman–Crippen LogP) is 5.01. The molecule has 0 saturated heterocycles. The van der Waals surface area contributed by atoms with Crippen molar-refractivity contribution in [2.24, 2.45) is 5.92 Å². The number of ketones is 1. The number of hydrogen-bond donors (Lipinski definition) is 2. The molecule has 0 aromatic heterocycles. The van der Waals surface area contributed by atoms with E-state index in [-0.39, 0.29) is 28.8 Å². The number of hydrogen-bond acceptors (Lipinski definition) is 4. The Morgan fingerprint density at radius 3 is 2.21 bits per heavy atom. The van der Waals surface area contributed by atoms with Gasteiger partial charge in [0.05, 0.1) is 0 Å². The molecule has 2 N–H and O–H groups in total. The van der Waals surface area contributed by atoms with Crippen LogP contribution in [0.1, 0.15) is 57.8 Å². The van der Waals surface area contributed by atoms with Crippen molar-refractivity contribution in [2.75, 3.05) is 6.61 Å². The summed E-state index contributed by atoms with van der Waals surface area (Å²) in [5.74, 6) is -0.786. The summed E-state index contributed by atoms with van der Waals surface area (Å²) in [5, 5.41) is 20.0. The number of phenols is 2. The Balaban J connectivity index is 2.70.